The Labute approximate surface area is 209 Å². The Bertz CT molecular complexity index is 1230. The number of rotatable bonds is 9. The molecule has 0 spiro atoms. The first-order valence-electron chi connectivity index (χ1n) is 11.6. The molecule has 0 atom stereocenters. The van der Waals surface area contributed by atoms with Gasteiger partial charge in [-0.3, -0.25) is 9.10 Å². The van der Waals surface area contributed by atoms with Crippen molar-refractivity contribution in [3.05, 3.63) is 95.1 Å². The fourth-order valence-electron chi connectivity index (χ4n) is 3.53. The minimum atomic E-state index is -3.46. The average Bonchev–Trinajstić information content (AvgIpc) is 2.80. The molecule has 0 unspecified atom stereocenters. The molecule has 35 heavy (non-hydrogen) atoms. The fraction of sp³-hybridized carbons (Fsp3) is 0.321. The summed E-state index contributed by atoms with van der Waals surface area (Å²) in [5.41, 5.74) is 4.28. The van der Waals surface area contributed by atoms with E-state index < -0.39 is 10.0 Å². The summed E-state index contributed by atoms with van der Waals surface area (Å²) in [5, 5.41) is 2.85. The molecule has 0 radical (unpaired) electrons. The highest BCUT2D eigenvalue weighted by atomic mass is 32.2. The number of aryl methyl sites for hydroxylation is 1. The summed E-state index contributed by atoms with van der Waals surface area (Å²) in [6.07, 6.45) is 1.19. The van der Waals surface area contributed by atoms with Crippen molar-refractivity contribution in [2.45, 2.75) is 39.7 Å². The van der Waals surface area contributed by atoms with Gasteiger partial charge in [-0.1, -0.05) is 62.7 Å². The van der Waals surface area contributed by atoms with Crippen LogP contribution in [0.15, 0.2) is 72.8 Å². The molecule has 0 aliphatic rings. The van der Waals surface area contributed by atoms with Gasteiger partial charge < -0.3 is 10.1 Å². The van der Waals surface area contributed by atoms with Crippen LogP contribution < -0.4 is 14.4 Å². The van der Waals surface area contributed by atoms with Crippen molar-refractivity contribution in [2.75, 3.05) is 23.7 Å². The minimum Gasteiger partial charge on any atom is -0.492 e. The van der Waals surface area contributed by atoms with Crippen LogP contribution in [0.1, 0.15) is 47.8 Å². The number of nitrogens with zero attached hydrogens (tertiary/aromatic N) is 1. The zero-order chi connectivity index (χ0) is 25.6. The standard InChI is InChI=1S/C28H34N2O4S/c1-21-6-14-25(15-7-21)30(35(5,32)33)20-22-8-10-23(11-9-22)27(31)29-18-19-34-26-16-12-24(13-17-26)28(2,3)4/h6-17H,18-20H2,1-5H3,(H,29,31). The first-order valence-corrected chi connectivity index (χ1v) is 13.4. The van der Waals surface area contributed by atoms with Crippen LogP contribution in [0.25, 0.3) is 0 Å². The van der Waals surface area contributed by atoms with E-state index in [0.29, 0.717) is 24.4 Å². The predicted molar refractivity (Wildman–Crippen MR) is 142 cm³/mol. The van der Waals surface area contributed by atoms with Gasteiger partial charge in [0.05, 0.1) is 25.0 Å². The summed E-state index contributed by atoms with van der Waals surface area (Å²) in [6.45, 7) is 9.36. The minimum absolute atomic E-state index is 0.0891. The molecule has 0 aliphatic carbocycles. The summed E-state index contributed by atoms with van der Waals surface area (Å²) in [4.78, 5) is 12.5. The van der Waals surface area contributed by atoms with Crippen LogP contribution >= 0.6 is 0 Å². The molecule has 1 amide bonds. The lowest BCUT2D eigenvalue weighted by Crippen LogP contribution is -2.29. The van der Waals surface area contributed by atoms with Gasteiger partial charge in [-0.2, -0.15) is 0 Å². The van der Waals surface area contributed by atoms with Crippen LogP contribution in [0.2, 0.25) is 0 Å². The number of ether oxygens (including phenoxy) is 1. The van der Waals surface area contributed by atoms with Crippen LogP contribution in [0, 0.1) is 6.92 Å². The van der Waals surface area contributed by atoms with Gasteiger partial charge in [0, 0.05) is 5.56 Å². The molecule has 1 N–H and O–H groups in total. The van der Waals surface area contributed by atoms with Gasteiger partial charge in [0.25, 0.3) is 5.91 Å². The molecule has 0 bridgehead atoms. The highest BCUT2D eigenvalue weighted by Crippen LogP contribution is 2.24. The number of amides is 1. The van der Waals surface area contributed by atoms with Crippen molar-refractivity contribution in [1.82, 2.24) is 5.32 Å². The molecule has 0 heterocycles. The molecule has 0 fully saturated rings. The van der Waals surface area contributed by atoms with Crippen LogP contribution in [0.5, 0.6) is 5.75 Å². The zero-order valence-electron chi connectivity index (χ0n) is 21.0. The van der Waals surface area contributed by atoms with Crippen LogP contribution in [-0.2, 0) is 22.0 Å². The quantitative estimate of drug-likeness (QED) is 0.422. The Balaban J connectivity index is 1.53. The van der Waals surface area contributed by atoms with E-state index >= 15 is 0 Å². The zero-order valence-corrected chi connectivity index (χ0v) is 21.9. The Hall–Kier alpha value is -3.32. The number of carbonyl (C=O) groups is 1. The molecular weight excluding hydrogens is 460 g/mol. The van der Waals surface area contributed by atoms with Crippen LogP contribution in [-0.4, -0.2) is 33.7 Å². The highest BCUT2D eigenvalue weighted by molar-refractivity contribution is 7.92. The lowest BCUT2D eigenvalue weighted by atomic mass is 9.87. The van der Waals surface area contributed by atoms with E-state index in [9.17, 15) is 13.2 Å². The van der Waals surface area contributed by atoms with Gasteiger partial charge in [-0.25, -0.2) is 8.42 Å². The second-order valence-corrected chi connectivity index (χ2v) is 11.6. The Kier molecular flexibility index (Phi) is 8.22. The van der Waals surface area contributed by atoms with Crippen LogP contribution in [0.4, 0.5) is 5.69 Å². The topological polar surface area (TPSA) is 75.7 Å². The molecule has 0 saturated carbocycles. The maximum atomic E-state index is 12.5. The molecule has 3 aromatic carbocycles. The van der Waals surface area contributed by atoms with Gasteiger partial charge in [-0.15, -0.1) is 0 Å². The van der Waals surface area contributed by atoms with Gasteiger partial charge in [0.2, 0.25) is 10.0 Å². The number of benzene rings is 3. The Morgan fingerprint density at radius 1 is 0.914 bits per heavy atom. The molecule has 186 valence electrons. The van der Waals surface area contributed by atoms with Gasteiger partial charge in [0.15, 0.2) is 0 Å². The monoisotopic (exact) mass is 494 g/mol. The fourth-order valence-corrected chi connectivity index (χ4v) is 4.41. The van der Waals surface area contributed by atoms with Crippen molar-refractivity contribution in [3.8, 4) is 5.75 Å². The summed E-state index contributed by atoms with van der Waals surface area (Å²) in [6, 6.07) is 22.3. The third kappa shape index (κ3) is 7.59. The second kappa shape index (κ2) is 11.0. The molecule has 6 nitrogen and oxygen atoms in total. The lowest BCUT2D eigenvalue weighted by molar-refractivity contribution is 0.0947. The van der Waals surface area contributed by atoms with Gasteiger partial charge in [-0.05, 0) is 59.9 Å². The van der Waals surface area contributed by atoms with Gasteiger partial charge >= 0.3 is 0 Å². The Morgan fingerprint density at radius 3 is 2.06 bits per heavy atom. The maximum Gasteiger partial charge on any atom is 0.251 e. The SMILES string of the molecule is Cc1ccc(N(Cc2ccc(C(=O)NCCOc3ccc(C(C)(C)C)cc3)cc2)S(C)(=O)=O)cc1. The predicted octanol–water partition coefficient (Wildman–Crippen LogP) is 5.07. The number of hydrogen-bond acceptors (Lipinski definition) is 4. The molecule has 7 heteroatoms. The number of sulfonamides is 1. The summed E-state index contributed by atoms with van der Waals surface area (Å²) >= 11 is 0. The first-order chi connectivity index (χ1) is 16.4. The van der Waals surface area contributed by atoms with Crippen molar-refractivity contribution in [2.24, 2.45) is 0 Å². The number of hydrogen-bond donors (Lipinski definition) is 1. The number of anilines is 1. The molecular formula is C28H34N2O4S. The van der Waals surface area contributed by atoms with E-state index in [2.05, 4.69) is 38.2 Å². The van der Waals surface area contributed by atoms with E-state index in [1.54, 1.807) is 36.4 Å². The molecule has 3 rings (SSSR count). The third-order valence-electron chi connectivity index (χ3n) is 5.64. The Morgan fingerprint density at radius 2 is 1.51 bits per heavy atom. The number of carbonyl (C=O) groups excluding carboxylic acids is 1. The molecule has 0 aliphatic heterocycles. The van der Waals surface area contributed by atoms with E-state index in [1.807, 2.05) is 31.2 Å². The van der Waals surface area contributed by atoms with Crippen LogP contribution in [0.3, 0.4) is 0 Å². The van der Waals surface area contributed by atoms with Crippen molar-refractivity contribution < 1.29 is 17.9 Å². The third-order valence-corrected chi connectivity index (χ3v) is 6.78. The first kappa shape index (κ1) is 26.3. The maximum absolute atomic E-state index is 12.5. The summed E-state index contributed by atoms with van der Waals surface area (Å²) < 4.78 is 31.8. The van der Waals surface area contributed by atoms with Crippen molar-refractivity contribution in [3.63, 3.8) is 0 Å². The summed E-state index contributed by atoms with van der Waals surface area (Å²) in [5.74, 6) is 0.558. The second-order valence-electron chi connectivity index (χ2n) is 9.68. The van der Waals surface area contributed by atoms with E-state index in [-0.39, 0.29) is 17.9 Å². The van der Waals surface area contributed by atoms with E-state index in [4.69, 9.17) is 4.74 Å². The highest BCUT2D eigenvalue weighted by Gasteiger charge is 2.18. The molecule has 0 aromatic heterocycles. The lowest BCUT2D eigenvalue weighted by Gasteiger charge is -2.22. The van der Waals surface area contributed by atoms with E-state index in [1.165, 1.54) is 16.1 Å². The van der Waals surface area contributed by atoms with Gasteiger partial charge in [0.1, 0.15) is 12.4 Å². The number of nitrogens with one attached hydrogen (secondary N) is 1. The molecule has 3 aromatic rings. The average molecular weight is 495 g/mol. The smallest absolute Gasteiger partial charge is 0.251 e. The van der Waals surface area contributed by atoms with Crippen molar-refractivity contribution in [1.29, 1.82) is 0 Å². The van der Waals surface area contributed by atoms with Crippen molar-refractivity contribution >= 4 is 21.6 Å². The normalized spacial score (nSPS) is 11.7. The molecule has 0 saturated heterocycles. The van der Waals surface area contributed by atoms with E-state index in [0.717, 1.165) is 16.9 Å². The summed E-state index contributed by atoms with van der Waals surface area (Å²) in [7, 11) is -3.46. The largest absolute Gasteiger partial charge is 0.492 e.